The van der Waals surface area contributed by atoms with Crippen LogP contribution in [0, 0.1) is 5.92 Å². The molecular weight excluding hydrogens is 264 g/mol. The zero-order valence-electron chi connectivity index (χ0n) is 13.4. The van der Waals surface area contributed by atoms with E-state index in [1.54, 1.807) is 0 Å². The Kier molecular flexibility index (Phi) is 5.17. The maximum absolute atomic E-state index is 11.6. The average Bonchev–Trinajstić information content (AvgIpc) is 2.89. The van der Waals surface area contributed by atoms with Crippen molar-refractivity contribution in [3.05, 3.63) is 0 Å². The van der Waals surface area contributed by atoms with E-state index in [1.807, 2.05) is 0 Å². The zero-order chi connectivity index (χ0) is 14.7. The summed E-state index contributed by atoms with van der Waals surface area (Å²) in [6.07, 6.45) is 11.2. The molecule has 3 aliphatic rings. The number of ether oxygens (including phenoxy) is 1. The third kappa shape index (κ3) is 3.98. The molecule has 21 heavy (non-hydrogen) atoms. The summed E-state index contributed by atoms with van der Waals surface area (Å²) in [6.45, 7) is 2.27. The number of carbonyl (C=O) groups excluding carboxylic acids is 1. The fourth-order valence-electron chi connectivity index (χ4n) is 4.30. The van der Waals surface area contributed by atoms with Crippen molar-refractivity contribution in [1.82, 2.24) is 10.2 Å². The normalized spacial score (nSPS) is 32.0. The number of piperidine rings is 1. The zero-order valence-corrected chi connectivity index (χ0v) is 13.4. The first-order valence-electron chi connectivity index (χ1n) is 8.81. The Morgan fingerprint density at radius 2 is 1.86 bits per heavy atom. The van der Waals surface area contributed by atoms with Gasteiger partial charge in [0.25, 0.3) is 0 Å². The van der Waals surface area contributed by atoms with Gasteiger partial charge in [0.15, 0.2) is 0 Å². The molecule has 0 spiro atoms. The molecule has 2 aliphatic carbocycles. The SMILES string of the molecule is COC(=O)CC1CC(NC2CCCC2)CN(C2CCC2)C1. The highest BCUT2D eigenvalue weighted by Crippen LogP contribution is 2.31. The molecule has 0 aromatic carbocycles. The van der Waals surface area contributed by atoms with Crippen LogP contribution in [0.15, 0.2) is 0 Å². The van der Waals surface area contributed by atoms with Crippen LogP contribution in [0.2, 0.25) is 0 Å². The fraction of sp³-hybridized carbons (Fsp3) is 0.941. The monoisotopic (exact) mass is 294 g/mol. The maximum Gasteiger partial charge on any atom is 0.305 e. The van der Waals surface area contributed by atoms with Crippen molar-refractivity contribution >= 4 is 5.97 Å². The molecule has 120 valence electrons. The molecule has 0 amide bonds. The lowest BCUT2D eigenvalue weighted by Crippen LogP contribution is -2.55. The minimum Gasteiger partial charge on any atom is -0.469 e. The molecular formula is C17H30N2O2. The Hall–Kier alpha value is -0.610. The molecule has 0 radical (unpaired) electrons. The van der Waals surface area contributed by atoms with Gasteiger partial charge in [-0.05, 0) is 38.0 Å². The number of methoxy groups -OCH3 is 1. The topological polar surface area (TPSA) is 41.6 Å². The first-order chi connectivity index (χ1) is 10.2. The van der Waals surface area contributed by atoms with Crippen LogP contribution in [-0.2, 0) is 9.53 Å². The van der Waals surface area contributed by atoms with Crippen LogP contribution >= 0.6 is 0 Å². The number of nitrogens with one attached hydrogen (secondary N) is 1. The van der Waals surface area contributed by atoms with E-state index in [9.17, 15) is 4.79 Å². The lowest BCUT2D eigenvalue weighted by atomic mass is 9.85. The van der Waals surface area contributed by atoms with Gasteiger partial charge in [-0.1, -0.05) is 19.3 Å². The van der Waals surface area contributed by atoms with Gasteiger partial charge in [0.2, 0.25) is 0 Å². The third-order valence-electron chi connectivity index (χ3n) is 5.67. The molecule has 3 fully saturated rings. The minimum absolute atomic E-state index is 0.0462. The predicted octanol–water partition coefficient (Wildman–Crippen LogP) is 2.32. The van der Waals surface area contributed by atoms with Crippen molar-refractivity contribution in [2.45, 2.75) is 75.9 Å². The van der Waals surface area contributed by atoms with Crippen LogP contribution in [0.25, 0.3) is 0 Å². The standard InChI is InChI=1S/C17H30N2O2/c1-21-17(20)10-13-9-15(18-14-5-2-3-6-14)12-19(11-13)16-7-4-8-16/h13-16,18H,2-12H2,1H3. The van der Waals surface area contributed by atoms with Crippen molar-refractivity contribution in [3.8, 4) is 0 Å². The molecule has 4 heteroatoms. The van der Waals surface area contributed by atoms with E-state index in [0.717, 1.165) is 25.0 Å². The van der Waals surface area contributed by atoms with E-state index >= 15 is 0 Å². The minimum atomic E-state index is -0.0462. The summed E-state index contributed by atoms with van der Waals surface area (Å²) in [4.78, 5) is 14.3. The summed E-state index contributed by atoms with van der Waals surface area (Å²) < 4.78 is 4.88. The lowest BCUT2D eigenvalue weighted by Gasteiger charge is -2.45. The number of hydrogen-bond donors (Lipinski definition) is 1. The van der Waals surface area contributed by atoms with Crippen molar-refractivity contribution in [2.24, 2.45) is 5.92 Å². The Labute approximate surface area is 128 Å². The first-order valence-corrected chi connectivity index (χ1v) is 8.81. The summed E-state index contributed by atoms with van der Waals surface area (Å²) in [6, 6.07) is 2.06. The van der Waals surface area contributed by atoms with Gasteiger partial charge < -0.3 is 10.1 Å². The highest BCUT2D eigenvalue weighted by atomic mass is 16.5. The summed E-state index contributed by atoms with van der Waals surface area (Å²) in [5.41, 5.74) is 0. The van der Waals surface area contributed by atoms with Crippen LogP contribution in [0.3, 0.4) is 0 Å². The van der Waals surface area contributed by atoms with Gasteiger partial charge in [0.1, 0.15) is 0 Å². The van der Waals surface area contributed by atoms with Crippen LogP contribution in [0.5, 0.6) is 0 Å². The van der Waals surface area contributed by atoms with Gasteiger partial charge >= 0.3 is 5.97 Å². The van der Waals surface area contributed by atoms with Crippen molar-refractivity contribution in [2.75, 3.05) is 20.2 Å². The van der Waals surface area contributed by atoms with Gasteiger partial charge in [-0.3, -0.25) is 9.69 Å². The number of rotatable bonds is 5. The number of likely N-dealkylation sites (tertiary alicyclic amines) is 1. The maximum atomic E-state index is 11.6. The lowest BCUT2D eigenvalue weighted by molar-refractivity contribution is -0.142. The van der Waals surface area contributed by atoms with Crippen LogP contribution in [-0.4, -0.2) is 49.2 Å². The largest absolute Gasteiger partial charge is 0.469 e. The van der Waals surface area contributed by atoms with E-state index in [1.165, 1.54) is 58.6 Å². The highest BCUT2D eigenvalue weighted by molar-refractivity contribution is 5.69. The molecule has 4 nitrogen and oxygen atoms in total. The molecule has 2 saturated carbocycles. The van der Waals surface area contributed by atoms with Gasteiger partial charge in [-0.2, -0.15) is 0 Å². The highest BCUT2D eigenvalue weighted by Gasteiger charge is 2.35. The second-order valence-corrected chi connectivity index (χ2v) is 7.27. The van der Waals surface area contributed by atoms with Crippen LogP contribution in [0.4, 0.5) is 0 Å². The summed E-state index contributed by atoms with van der Waals surface area (Å²) in [5, 5.41) is 3.88. The Morgan fingerprint density at radius 3 is 2.48 bits per heavy atom. The van der Waals surface area contributed by atoms with Crippen molar-refractivity contribution < 1.29 is 9.53 Å². The van der Waals surface area contributed by atoms with Gasteiger partial charge in [0.05, 0.1) is 7.11 Å². The Morgan fingerprint density at radius 1 is 1.10 bits per heavy atom. The quantitative estimate of drug-likeness (QED) is 0.790. The predicted molar refractivity (Wildman–Crippen MR) is 83.1 cm³/mol. The molecule has 1 heterocycles. The fourth-order valence-corrected chi connectivity index (χ4v) is 4.30. The van der Waals surface area contributed by atoms with E-state index in [4.69, 9.17) is 4.74 Å². The van der Waals surface area contributed by atoms with Crippen LogP contribution < -0.4 is 5.32 Å². The third-order valence-corrected chi connectivity index (χ3v) is 5.67. The van der Waals surface area contributed by atoms with E-state index in [-0.39, 0.29) is 5.97 Å². The Bertz CT molecular complexity index is 351. The smallest absolute Gasteiger partial charge is 0.305 e. The Balaban J connectivity index is 1.57. The molecule has 3 rings (SSSR count). The molecule has 1 saturated heterocycles. The number of hydrogen-bond acceptors (Lipinski definition) is 4. The molecule has 2 atom stereocenters. The molecule has 2 unspecified atom stereocenters. The van der Waals surface area contributed by atoms with Gasteiger partial charge in [-0.25, -0.2) is 0 Å². The van der Waals surface area contributed by atoms with Gasteiger partial charge in [0, 0.05) is 37.6 Å². The van der Waals surface area contributed by atoms with Crippen molar-refractivity contribution in [3.63, 3.8) is 0 Å². The first kappa shape index (κ1) is 15.3. The molecule has 0 aromatic heterocycles. The van der Waals surface area contributed by atoms with Gasteiger partial charge in [-0.15, -0.1) is 0 Å². The molecule has 1 aliphatic heterocycles. The van der Waals surface area contributed by atoms with Crippen molar-refractivity contribution in [1.29, 1.82) is 0 Å². The van der Waals surface area contributed by atoms with Crippen LogP contribution in [0.1, 0.15) is 57.8 Å². The summed E-state index contributed by atoms with van der Waals surface area (Å²) in [7, 11) is 1.50. The molecule has 0 bridgehead atoms. The van der Waals surface area contributed by atoms with E-state index in [2.05, 4.69) is 10.2 Å². The average molecular weight is 294 g/mol. The molecule has 1 N–H and O–H groups in total. The number of esters is 1. The number of nitrogens with zero attached hydrogens (tertiary/aromatic N) is 1. The second kappa shape index (κ2) is 7.10. The van der Waals surface area contributed by atoms with E-state index < -0.39 is 0 Å². The van der Waals surface area contributed by atoms with E-state index in [0.29, 0.717) is 18.4 Å². The summed E-state index contributed by atoms with van der Waals surface area (Å²) in [5.74, 6) is 0.417. The second-order valence-electron chi connectivity index (χ2n) is 7.27. The molecule has 0 aromatic rings. The summed E-state index contributed by atoms with van der Waals surface area (Å²) >= 11 is 0. The number of carbonyl (C=O) groups is 1.